The monoisotopic (exact) mass is 373 g/mol. The van der Waals surface area contributed by atoms with Gasteiger partial charge in [0.1, 0.15) is 5.41 Å². The number of hydrogen-bond acceptors (Lipinski definition) is 3. The average Bonchev–Trinajstić information content (AvgIpc) is 3.51. The largest absolute Gasteiger partial charge is 0.325 e. The van der Waals surface area contributed by atoms with E-state index >= 15 is 0 Å². The lowest BCUT2D eigenvalue weighted by Crippen LogP contribution is -2.36. The Kier molecular flexibility index (Phi) is 4.59. The molecular formula is C23H23N3O2. The van der Waals surface area contributed by atoms with Gasteiger partial charge in [-0.1, -0.05) is 50.2 Å². The lowest BCUT2D eigenvalue weighted by atomic mass is 9.99. The number of para-hydroxylation sites is 2. The van der Waals surface area contributed by atoms with Gasteiger partial charge in [0.25, 0.3) is 0 Å². The van der Waals surface area contributed by atoms with E-state index in [4.69, 9.17) is 0 Å². The van der Waals surface area contributed by atoms with Crippen molar-refractivity contribution in [1.29, 1.82) is 0 Å². The number of rotatable bonds is 5. The minimum atomic E-state index is -1.01. The molecule has 0 saturated heterocycles. The molecule has 1 aromatic heterocycles. The van der Waals surface area contributed by atoms with Gasteiger partial charge in [0, 0.05) is 17.3 Å². The molecule has 5 heteroatoms. The molecule has 0 atom stereocenters. The quantitative estimate of drug-likeness (QED) is 0.636. The number of carbonyl (C=O) groups excluding carboxylic acids is 2. The predicted octanol–water partition coefficient (Wildman–Crippen LogP) is 4.72. The van der Waals surface area contributed by atoms with E-state index in [-0.39, 0.29) is 17.7 Å². The van der Waals surface area contributed by atoms with Crippen LogP contribution in [-0.2, 0) is 9.59 Å². The van der Waals surface area contributed by atoms with Crippen molar-refractivity contribution in [2.24, 2.45) is 5.41 Å². The molecular weight excluding hydrogens is 350 g/mol. The topological polar surface area (TPSA) is 71.1 Å². The number of aromatic nitrogens is 1. The maximum absolute atomic E-state index is 13.0. The highest BCUT2D eigenvalue weighted by Crippen LogP contribution is 2.48. The molecule has 28 heavy (non-hydrogen) atoms. The van der Waals surface area contributed by atoms with Crippen LogP contribution in [0, 0.1) is 5.41 Å². The van der Waals surface area contributed by atoms with Gasteiger partial charge in [-0.3, -0.25) is 14.6 Å². The van der Waals surface area contributed by atoms with Gasteiger partial charge in [-0.05, 0) is 42.5 Å². The summed E-state index contributed by atoms with van der Waals surface area (Å²) in [4.78, 5) is 30.3. The molecule has 1 aliphatic carbocycles. The maximum atomic E-state index is 13.0. The average molecular weight is 373 g/mol. The van der Waals surface area contributed by atoms with Crippen molar-refractivity contribution in [2.75, 3.05) is 10.6 Å². The van der Waals surface area contributed by atoms with Crippen molar-refractivity contribution in [3.63, 3.8) is 0 Å². The summed E-state index contributed by atoms with van der Waals surface area (Å²) < 4.78 is 0. The smallest absolute Gasteiger partial charge is 0.240 e. The second-order valence-electron chi connectivity index (χ2n) is 7.61. The molecule has 3 aromatic rings. The third-order valence-electron chi connectivity index (χ3n) is 5.33. The van der Waals surface area contributed by atoms with Gasteiger partial charge in [-0.15, -0.1) is 0 Å². The third-order valence-corrected chi connectivity index (χ3v) is 5.33. The zero-order valence-corrected chi connectivity index (χ0v) is 16.0. The highest BCUT2D eigenvalue weighted by molar-refractivity contribution is 6.18. The standard InChI is InChI=1S/C23H23N3O2/c1-15(2)17-9-3-4-10-18(17)25-21(27)23(12-13-23)22(28)26-19-11-5-7-16-8-6-14-24-20(16)19/h3-11,14-15H,12-13H2,1-2H3,(H,25,27)(H,26,28). The fourth-order valence-corrected chi connectivity index (χ4v) is 3.49. The first-order chi connectivity index (χ1) is 13.5. The zero-order chi connectivity index (χ0) is 19.7. The SMILES string of the molecule is CC(C)c1ccccc1NC(=O)C1(C(=O)Nc2cccc3cccnc23)CC1. The van der Waals surface area contributed by atoms with Crippen LogP contribution in [0.3, 0.4) is 0 Å². The maximum Gasteiger partial charge on any atom is 0.240 e. The van der Waals surface area contributed by atoms with Gasteiger partial charge in [0.15, 0.2) is 0 Å². The number of carbonyl (C=O) groups is 2. The van der Waals surface area contributed by atoms with E-state index in [2.05, 4.69) is 29.5 Å². The molecule has 1 aliphatic rings. The summed E-state index contributed by atoms with van der Waals surface area (Å²) in [6.45, 7) is 4.16. The number of nitrogens with zero attached hydrogens (tertiary/aromatic N) is 1. The fraction of sp³-hybridized carbons (Fsp3) is 0.261. The van der Waals surface area contributed by atoms with Gasteiger partial charge in [0.2, 0.25) is 11.8 Å². The summed E-state index contributed by atoms with van der Waals surface area (Å²) in [6, 6.07) is 17.2. The number of benzene rings is 2. The number of hydrogen-bond donors (Lipinski definition) is 2. The molecule has 0 unspecified atom stereocenters. The lowest BCUT2D eigenvalue weighted by molar-refractivity contribution is -0.131. The molecule has 0 spiro atoms. The van der Waals surface area contributed by atoms with Gasteiger partial charge in [-0.25, -0.2) is 0 Å². The van der Waals surface area contributed by atoms with E-state index in [1.807, 2.05) is 54.6 Å². The molecule has 2 amide bonds. The van der Waals surface area contributed by atoms with Crippen LogP contribution < -0.4 is 10.6 Å². The minimum absolute atomic E-state index is 0.244. The summed E-state index contributed by atoms with van der Waals surface area (Å²) in [7, 11) is 0. The van der Waals surface area contributed by atoms with Crippen LogP contribution in [0.25, 0.3) is 10.9 Å². The second kappa shape index (κ2) is 7.08. The number of pyridine rings is 1. The van der Waals surface area contributed by atoms with Crippen LogP contribution in [0.15, 0.2) is 60.8 Å². The van der Waals surface area contributed by atoms with Crippen molar-refractivity contribution in [3.8, 4) is 0 Å². The Labute approximate surface area is 164 Å². The Hall–Kier alpha value is -3.21. The highest BCUT2D eigenvalue weighted by Gasteiger charge is 2.56. The molecule has 142 valence electrons. The van der Waals surface area contributed by atoms with Crippen molar-refractivity contribution in [1.82, 2.24) is 4.98 Å². The van der Waals surface area contributed by atoms with E-state index in [0.717, 1.165) is 22.2 Å². The molecule has 0 bridgehead atoms. The Bertz CT molecular complexity index is 1050. The molecule has 5 nitrogen and oxygen atoms in total. The molecule has 4 rings (SSSR count). The molecule has 0 aliphatic heterocycles. The second-order valence-corrected chi connectivity index (χ2v) is 7.61. The minimum Gasteiger partial charge on any atom is -0.325 e. The Balaban J connectivity index is 1.55. The van der Waals surface area contributed by atoms with Gasteiger partial charge >= 0.3 is 0 Å². The molecule has 0 radical (unpaired) electrons. The molecule has 2 aromatic carbocycles. The summed E-state index contributed by atoms with van der Waals surface area (Å²) in [6.07, 6.45) is 2.79. The number of anilines is 2. The number of nitrogens with one attached hydrogen (secondary N) is 2. The van der Waals surface area contributed by atoms with Crippen LogP contribution in [0.1, 0.15) is 38.2 Å². The fourth-order valence-electron chi connectivity index (χ4n) is 3.49. The molecule has 1 saturated carbocycles. The van der Waals surface area contributed by atoms with Crippen molar-refractivity contribution < 1.29 is 9.59 Å². The van der Waals surface area contributed by atoms with Crippen molar-refractivity contribution in [2.45, 2.75) is 32.6 Å². The van der Waals surface area contributed by atoms with Crippen LogP contribution in [-0.4, -0.2) is 16.8 Å². The molecule has 2 N–H and O–H groups in total. The van der Waals surface area contributed by atoms with E-state index in [9.17, 15) is 9.59 Å². The van der Waals surface area contributed by atoms with Crippen LogP contribution in [0.5, 0.6) is 0 Å². The summed E-state index contributed by atoms with van der Waals surface area (Å²) in [5.74, 6) is -0.237. The predicted molar refractivity (Wildman–Crippen MR) is 111 cm³/mol. The first-order valence-electron chi connectivity index (χ1n) is 9.57. The summed E-state index contributed by atoms with van der Waals surface area (Å²) >= 11 is 0. The van der Waals surface area contributed by atoms with Gasteiger partial charge < -0.3 is 10.6 Å². The van der Waals surface area contributed by atoms with Gasteiger partial charge in [0.05, 0.1) is 11.2 Å². The van der Waals surface area contributed by atoms with E-state index in [1.165, 1.54) is 0 Å². The Morgan fingerprint density at radius 3 is 2.25 bits per heavy atom. The molecule has 1 fully saturated rings. The van der Waals surface area contributed by atoms with E-state index < -0.39 is 5.41 Å². The lowest BCUT2D eigenvalue weighted by Gasteiger charge is -2.18. The normalized spacial score (nSPS) is 14.7. The molecule has 1 heterocycles. The van der Waals surface area contributed by atoms with E-state index in [0.29, 0.717) is 18.5 Å². The first kappa shape index (κ1) is 18.2. The number of fused-ring (bicyclic) bond motifs is 1. The van der Waals surface area contributed by atoms with Crippen LogP contribution >= 0.6 is 0 Å². The summed E-state index contributed by atoms with van der Waals surface area (Å²) in [5.41, 5.74) is 2.17. The Morgan fingerprint density at radius 2 is 1.54 bits per heavy atom. The van der Waals surface area contributed by atoms with Crippen LogP contribution in [0.4, 0.5) is 11.4 Å². The van der Waals surface area contributed by atoms with Gasteiger partial charge in [-0.2, -0.15) is 0 Å². The zero-order valence-electron chi connectivity index (χ0n) is 16.0. The van der Waals surface area contributed by atoms with Crippen molar-refractivity contribution in [3.05, 3.63) is 66.4 Å². The Morgan fingerprint density at radius 1 is 0.893 bits per heavy atom. The first-order valence-corrected chi connectivity index (χ1v) is 9.57. The summed E-state index contributed by atoms with van der Waals surface area (Å²) in [5, 5.41) is 6.86. The van der Waals surface area contributed by atoms with E-state index in [1.54, 1.807) is 6.20 Å². The van der Waals surface area contributed by atoms with Crippen LogP contribution in [0.2, 0.25) is 0 Å². The number of amides is 2. The van der Waals surface area contributed by atoms with Crippen molar-refractivity contribution >= 4 is 34.1 Å². The third kappa shape index (κ3) is 3.24. The highest BCUT2D eigenvalue weighted by atomic mass is 16.2.